The van der Waals surface area contributed by atoms with Crippen molar-refractivity contribution in [2.75, 3.05) is 43.8 Å². The lowest BCUT2D eigenvalue weighted by atomic mass is 9.65. The Balaban J connectivity index is 1.60. The number of aryl methyl sites for hydroxylation is 1. The maximum atomic E-state index is 13.7. The third kappa shape index (κ3) is 6.29. The van der Waals surface area contributed by atoms with Crippen molar-refractivity contribution < 1.29 is 17.6 Å². The zero-order valence-electron chi connectivity index (χ0n) is 20.1. The van der Waals surface area contributed by atoms with Crippen molar-refractivity contribution in [3.63, 3.8) is 0 Å². The van der Waals surface area contributed by atoms with E-state index >= 15 is 0 Å². The van der Waals surface area contributed by atoms with Crippen molar-refractivity contribution in [3.05, 3.63) is 29.6 Å². The summed E-state index contributed by atoms with van der Waals surface area (Å²) in [6, 6.07) is 4.70. The SMILES string of the molecule is Cc1ccc(NC(=O)CN2CCC3(CC2)CN(S(=O)(=O)CC(C)C)CC(C)(C)C3)cc1F. The van der Waals surface area contributed by atoms with Gasteiger partial charge < -0.3 is 5.32 Å². The van der Waals surface area contributed by atoms with Crippen LogP contribution >= 0.6 is 0 Å². The number of rotatable bonds is 6. The molecular weight excluding hydrogens is 429 g/mol. The number of carbonyl (C=O) groups is 1. The number of carbonyl (C=O) groups excluding carboxylic acids is 1. The van der Waals surface area contributed by atoms with Crippen LogP contribution in [0.5, 0.6) is 0 Å². The summed E-state index contributed by atoms with van der Waals surface area (Å²) in [7, 11) is -3.28. The van der Waals surface area contributed by atoms with Gasteiger partial charge in [0, 0.05) is 18.8 Å². The van der Waals surface area contributed by atoms with Gasteiger partial charge in [-0.2, -0.15) is 0 Å². The molecule has 1 N–H and O–H groups in total. The lowest BCUT2D eigenvalue weighted by molar-refractivity contribution is -0.118. The van der Waals surface area contributed by atoms with E-state index in [1.165, 1.54) is 6.07 Å². The molecule has 3 rings (SSSR count). The van der Waals surface area contributed by atoms with Crippen molar-refractivity contribution in [1.82, 2.24) is 9.21 Å². The molecule has 2 aliphatic rings. The molecule has 1 spiro atoms. The molecule has 0 aliphatic carbocycles. The summed E-state index contributed by atoms with van der Waals surface area (Å²) in [4.78, 5) is 14.6. The predicted octanol–water partition coefficient (Wildman–Crippen LogP) is 3.87. The number of sulfonamides is 1. The zero-order chi connectivity index (χ0) is 23.7. The van der Waals surface area contributed by atoms with Crippen molar-refractivity contribution in [1.29, 1.82) is 0 Å². The average molecular weight is 468 g/mol. The fourth-order valence-corrected chi connectivity index (χ4v) is 7.42. The maximum Gasteiger partial charge on any atom is 0.238 e. The molecule has 1 aromatic carbocycles. The number of benzene rings is 1. The highest BCUT2D eigenvalue weighted by Gasteiger charge is 2.47. The molecule has 0 saturated carbocycles. The number of hydrogen-bond acceptors (Lipinski definition) is 4. The maximum absolute atomic E-state index is 13.7. The van der Waals surface area contributed by atoms with Crippen molar-refractivity contribution in [3.8, 4) is 0 Å². The molecule has 0 radical (unpaired) electrons. The highest BCUT2D eigenvalue weighted by atomic mass is 32.2. The predicted molar refractivity (Wildman–Crippen MR) is 126 cm³/mol. The molecule has 2 aliphatic heterocycles. The first-order valence-electron chi connectivity index (χ1n) is 11.6. The molecule has 180 valence electrons. The normalized spacial score (nSPS) is 21.7. The van der Waals surface area contributed by atoms with E-state index in [9.17, 15) is 17.6 Å². The summed E-state index contributed by atoms with van der Waals surface area (Å²) in [5.41, 5.74) is 0.895. The van der Waals surface area contributed by atoms with Crippen LogP contribution in [0.1, 0.15) is 52.5 Å². The fraction of sp³-hybridized carbons (Fsp3) is 0.708. The third-order valence-electron chi connectivity index (χ3n) is 6.65. The molecule has 1 aromatic rings. The van der Waals surface area contributed by atoms with Crippen LogP contribution in [0.2, 0.25) is 0 Å². The highest BCUT2D eigenvalue weighted by molar-refractivity contribution is 7.89. The number of piperidine rings is 2. The van der Waals surface area contributed by atoms with E-state index in [0.29, 0.717) is 24.3 Å². The number of amides is 1. The molecule has 1 amide bonds. The van der Waals surface area contributed by atoms with Crippen LogP contribution in [0.4, 0.5) is 10.1 Å². The lowest BCUT2D eigenvalue weighted by Crippen LogP contribution is -2.56. The third-order valence-corrected chi connectivity index (χ3v) is 8.78. The number of hydrogen-bond donors (Lipinski definition) is 1. The smallest absolute Gasteiger partial charge is 0.238 e. The largest absolute Gasteiger partial charge is 0.325 e. The van der Waals surface area contributed by atoms with Gasteiger partial charge in [-0.05, 0) is 73.7 Å². The number of nitrogens with one attached hydrogen (secondary N) is 1. The summed E-state index contributed by atoms with van der Waals surface area (Å²) in [5, 5.41) is 2.78. The second-order valence-electron chi connectivity index (χ2n) is 11.1. The van der Waals surface area contributed by atoms with Crippen LogP contribution in [0, 0.1) is 29.5 Å². The molecule has 6 nitrogen and oxygen atoms in total. The van der Waals surface area contributed by atoms with Gasteiger partial charge in [0.25, 0.3) is 0 Å². The molecule has 0 aromatic heterocycles. The van der Waals surface area contributed by atoms with E-state index in [-0.39, 0.29) is 40.8 Å². The summed E-state index contributed by atoms with van der Waals surface area (Å²) in [6.45, 7) is 12.8. The number of nitrogens with zero attached hydrogens (tertiary/aromatic N) is 2. The molecule has 0 bridgehead atoms. The molecule has 2 heterocycles. The van der Waals surface area contributed by atoms with Gasteiger partial charge in [0.05, 0.1) is 12.3 Å². The Bertz CT molecular complexity index is 938. The van der Waals surface area contributed by atoms with E-state index < -0.39 is 10.0 Å². The van der Waals surface area contributed by atoms with Gasteiger partial charge in [-0.1, -0.05) is 33.8 Å². The average Bonchev–Trinajstić information content (AvgIpc) is 2.64. The zero-order valence-corrected chi connectivity index (χ0v) is 20.9. The molecule has 0 atom stereocenters. The topological polar surface area (TPSA) is 69.7 Å². The molecule has 2 saturated heterocycles. The Kier molecular flexibility index (Phi) is 7.37. The Morgan fingerprint density at radius 3 is 2.44 bits per heavy atom. The van der Waals surface area contributed by atoms with E-state index in [1.54, 1.807) is 23.4 Å². The number of anilines is 1. The van der Waals surface area contributed by atoms with Crippen LogP contribution in [0.15, 0.2) is 18.2 Å². The van der Waals surface area contributed by atoms with Crippen LogP contribution < -0.4 is 5.32 Å². The fourth-order valence-electron chi connectivity index (χ4n) is 5.35. The lowest BCUT2D eigenvalue weighted by Gasteiger charge is -2.52. The van der Waals surface area contributed by atoms with Gasteiger partial charge in [0.2, 0.25) is 15.9 Å². The Morgan fingerprint density at radius 1 is 1.19 bits per heavy atom. The summed E-state index contributed by atoms with van der Waals surface area (Å²) >= 11 is 0. The summed E-state index contributed by atoms with van der Waals surface area (Å²) in [6.07, 6.45) is 2.74. The van der Waals surface area contributed by atoms with Gasteiger partial charge in [-0.25, -0.2) is 17.1 Å². The van der Waals surface area contributed by atoms with Gasteiger partial charge in [-0.15, -0.1) is 0 Å². The molecular formula is C24H38FN3O3S. The van der Waals surface area contributed by atoms with Gasteiger partial charge in [-0.3, -0.25) is 9.69 Å². The van der Waals surface area contributed by atoms with Crippen molar-refractivity contribution >= 4 is 21.6 Å². The van der Waals surface area contributed by atoms with E-state index in [1.807, 2.05) is 13.8 Å². The minimum Gasteiger partial charge on any atom is -0.325 e. The van der Waals surface area contributed by atoms with Crippen molar-refractivity contribution in [2.24, 2.45) is 16.7 Å². The quantitative estimate of drug-likeness (QED) is 0.690. The standard InChI is InChI=1S/C24H38FN3O3S/c1-18(2)14-32(30,31)28-16-23(4,5)15-24(17-28)8-10-27(11-9-24)13-22(29)26-20-7-6-19(3)21(25)12-20/h6-7,12,18H,8-11,13-17H2,1-5H3,(H,26,29). The summed E-state index contributed by atoms with van der Waals surface area (Å²) < 4.78 is 41.4. The minimum absolute atomic E-state index is 0.0428. The molecule has 2 fully saturated rings. The van der Waals surface area contributed by atoms with Gasteiger partial charge >= 0.3 is 0 Å². The van der Waals surface area contributed by atoms with E-state index in [0.717, 1.165) is 32.4 Å². The first kappa shape index (κ1) is 25.1. The first-order chi connectivity index (χ1) is 14.8. The second-order valence-corrected chi connectivity index (χ2v) is 13.1. The second kappa shape index (κ2) is 9.39. The molecule has 0 unspecified atom stereocenters. The van der Waals surface area contributed by atoms with Gasteiger partial charge in [0.1, 0.15) is 5.82 Å². The minimum atomic E-state index is -3.28. The Labute approximate surface area is 192 Å². The first-order valence-corrected chi connectivity index (χ1v) is 13.2. The highest BCUT2D eigenvalue weighted by Crippen LogP contribution is 2.47. The number of halogens is 1. The Hall–Kier alpha value is -1.51. The van der Waals surface area contributed by atoms with E-state index in [2.05, 4.69) is 24.1 Å². The van der Waals surface area contributed by atoms with Crippen LogP contribution in [-0.2, 0) is 14.8 Å². The Morgan fingerprint density at radius 2 is 1.84 bits per heavy atom. The molecule has 32 heavy (non-hydrogen) atoms. The van der Waals surface area contributed by atoms with Gasteiger partial charge in [0.15, 0.2) is 0 Å². The van der Waals surface area contributed by atoms with E-state index in [4.69, 9.17) is 0 Å². The van der Waals surface area contributed by atoms with Crippen LogP contribution in [0.25, 0.3) is 0 Å². The summed E-state index contributed by atoms with van der Waals surface area (Å²) in [5.74, 6) is -0.206. The molecule has 8 heteroatoms. The monoisotopic (exact) mass is 467 g/mol. The number of likely N-dealkylation sites (tertiary alicyclic amines) is 1. The van der Waals surface area contributed by atoms with Crippen LogP contribution in [0.3, 0.4) is 0 Å². The van der Waals surface area contributed by atoms with Crippen molar-refractivity contribution in [2.45, 2.75) is 53.9 Å². The van der Waals surface area contributed by atoms with Crippen LogP contribution in [-0.4, -0.2) is 62.0 Å².